The molecule has 3 rings (SSSR count). The van der Waals surface area contributed by atoms with Crippen LogP contribution in [0.5, 0.6) is 0 Å². The summed E-state index contributed by atoms with van der Waals surface area (Å²) in [6, 6.07) is 5.04. The van der Waals surface area contributed by atoms with Gasteiger partial charge in [-0.1, -0.05) is 36.2 Å². The van der Waals surface area contributed by atoms with Gasteiger partial charge in [-0.05, 0) is 54.5 Å². The first-order valence-corrected chi connectivity index (χ1v) is 9.81. The van der Waals surface area contributed by atoms with Gasteiger partial charge in [-0.25, -0.2) is 0 Å². The zero-order chi connectivity index (χ0) is 18.8. The third-order valence-corrected chi connectivity index (χ3v) is 6.10. The number of carbonyl (C=O) groups excluding carboxylic acids is 2. The molecule has 1 aliphatic carbocycles. The van der Waals surface area contributed by atoms with E-state index in [1.165, 1.54) is 17.4 Å². The van der Waals surface area contributed by atoms with Gasteiger partial charge in [-0.2, -0.15) is 0 Å². The van der Waals surface area contributed by atoms with Gasteiger partial charge in [0.05, 0.1) is 5.56 Å². The van der Waals surface area contributed by atoms with E-state index in [0.29, 0.717) is 32.1 Å². The van der Waals surface area contributed by atoms with E-state index in [2.05, 4.69) is 12.2 Å². The van der Waals surface area contributed by atoms with Gasteiger partial charge in [0.1, 0.15) is 5.00 Å². The van der Waals surface area contributed by atoms with Crippen LogP contribution in [0.15, 0.2) is 24.3 Å². The second kappa shape index (κ2) is 7.82. The van der Waals surface area contributed by atoms with Gasteiger partial charge in [-0.3, -0.25) is 9.59 Å². The molecule has 3 N–H and O–H groups in total. The predicted molar refractivity (Wildman–Crippen MR) is 108 cm³/mol. The molecular weight excluding hydrogens is 391 g/mol. The first-order valence-electron chi connectivity index (χ1n) is 8.23. The Balaban J connectivity index is 1.81. The second-order valence-corrected chi connectivity index (χ2v) is 8.36. The van der Waals surface area contributed by atoms with E-state index in [1.807, 2.05) is 0 Å². The molecule has 1 atom stereocenters. The highest BCUT2D eigenvalue weighted by atomic mass is 35.5. The van der Waals surface area contributed by atoms with Crippen LogP contribution in [0.3, 0.4) is 0 Å². The molecule has 0 radical (unpaired) electrons. The fourth-order valence-electron chi connectivity index (χ4n) is 3.06. The third kappa shape index (κ3) is 4.11. The minimum atomic E-state index is -0.503. The summed E-state index contributed by atoms with van der Waals surface area (Å²) in [5, 5.41) is 4.30. The van der Waals surface area contributed by atoms with E-state index in [9.17, 15) is 9.59 Å². The summed E-state index contributed by atoms with van der Waals surface area (Å²) in [6.45, 7) is 2.18. The number of nitrogens with one attached hydrogen (secondary N) is 1. The lowest BCUT2D eigenvalue weighted by Crippen LogP contribution is -2.18. The third-order valence-electron chi connectivity index (χ3n) is 4.37. The Hall–Kier alpha value is -1.82. The van der Waals surface area contributed by atoms with Crippen LogP contribution in [0.2, 0.25) is 10.0 Å². The highest BCUT2D eigenvalue weighted by molar-refractivity contribution is 7.17. The zero-order valence-electron chi connectivity index (χ0n) is 14.1. The first kappa shape index (κ1) is 19.0. The number of primary amides is 1. The van der Waals surface area contributed by atoms with Gasteiger partial charge >= 0.3 is 0 Å². The van der Waals surface area contributed by atoms with Crippen molar-refractivity contribution in [2.75, 3.05) is 5.32 Å². The fourth-order valence-corrected chi connectivity index (χ4v) is 4.95. The Morgan fingerprint density at radius 2 is 2.12 bits per heavy atom. The number of amides is 2. The van der Waals surface area contributed by atoms with Gasteiger partial charge in [0, 0.05) is 21.0 Å². The van der Waals surface area contributed by atoms with Gasteiger partial charge in [0.15, 0.2) is 0 Å². The van der Waals surface area contributed by atoms with E-state index in [4.69, 9.17) is 28.9 Å². The molecule has 136 valence electrons. The number of anilines is 1. The molecule has 7 heteroatoms. The van der Waals surface area contributed by atoms with Crippen molar-refractivity contribution in [3.05, 3.63) is 55.9 Å². The minimum absolute atomic E-state index is 0.342. The number of nitrogens with two attached hydrogens (primary N) is 1. The van der Waals surface area contributed by atoms with Crippen molar-refractivity contribution in [2.24, 2.45) is 11.7 Å². The van der Waals surface area contributed by atoms with Crippen LogP contribution in [0, 0.1) is 5.92 Å². The Labute approximate surface area is 166 Å². The number of hydrogen-bond donors (Lipinski definition) is 2. The molecule has 2 amide bonds. The number of thiophene rings is 1. The summed E-state index contributed by atoms with van der Waals surface area (Å²) in [5.41, 5.74) is 7.68. The van der Waals surface area contributed by atoms with Crippen molar-refractivity contribution in [3.8, 4) is 0 Å². The maximum atomic E-state index is 12.3. The topological polar surface area (TPSA) is 72.2 Å². The molecule has 0 fully saturated rings. The fraction of sp³-hybridized carbons (Fsp3) is 0.263. The standard InChI is InChI=1S/C19H18Cl2N2O2S/c1-10-2-6-13-15(8-10)26-19(17(13)18(22)25)23-16(24)7-4-11-3-5-12(20)9-14(11)21/h3-5,7,9-10H,2,6,8H2,1H3,(H2,22,25)(H,23,24)/b7-4+/t10-/m0/s1. The van der Waals surface area contributed by atoms with Gasteiger partial charge in [0.2, 0.25) is 5.91 Å². The van der Waals surface area contributed by atoms with E-state index in [-0.39, 0.29) is 5.91 Å². The molecule has 2 aromatic rings. The summed E-state index contributed by atoms with van der Waals surface area (Å²) in [7, 11) is 0. The van der Waals surface area contributed by atoms with Crippen molar-refractivity contribution in [1.29, 1.82) is 0 Å². The average molecular weight is 409 g/mol. The number of hydrogen-bond acceptors (Lipinski definition) is 3. The van der Waals surface area contributed by atoms with Crippen molar-refractivity contribution in [1.82, 2.24) is 0 Å². The molecule has 0 spiro atoms. The largest absolute Gasteiger partial charge is 0.365 e. The van der Waals surface area contributed by atoms with Gasteiger partial charge in [-0.15, -0.1) is 11.3 Å². The summed E-state index contributed by atoms with van der Waals surface area (Å²) < 4.78 is 0. The monoisotopic (exact) mass is 408 g/mol. The molecule has 0 unspecified atom stereocenters. The van der Waals surface area contributed by atoms with Crippen LogP contribution in [0.1, 0.15) is 39.7 Å². The van der Waals surface area contributed by atoms with Crippen molar-refractivity contribution in [3.63, 3.8) is 0 Å². The second-order valence-electron chi connectivity index (χ2n) is 6.41. The summed E-state index contributed by atoms with van der Waals surface area (Å²) in [4.78, 5) is 25.3. The molecule has 1 aromatic heterocycles. The summed E-state index contributed by atoms with van der Waals surface area (Å²) in [6.07, 6.45) is 5.73. The molecule has 0 aliphatic heterocycles. The Kier molecular flexibility index (Phi) is 5.70. The van der Waals surface area contributed by atoms with Crippen molar-refractivity contribution < 1.29 is 9.59 Å². The summed E-state index contributed by atoms with van der Waals surface area (Å²) >= 11 is 13.4. The van der Waals surface area contributed by atoms with Gasteiger partial charge < -0.3 is 11.1 Å². The molecule has 4 nitrogen and oxygen atoms in total. The minimum Gasteiger partial charge on any atom is -0.365 e. The number of fused-ring (bicyclic) bond motifs is 1. The predicted octanol–water partition coefficient (Wildman–Crippen LogP) is 4.93. The molecule has 1 heterocycles. The number of halogens is 2. The lowest BCUT2D eigenvalue weighted by atomic mass is 9.88. The Bertz CT molecular complexity index is 905. The molecule has 1 aliphatic rings. The van der Waals surface area contributed by atoms with E-state index >= 15 is 0 Å². The van der Waals surface area contributed by atoms with E-state index in [1.54, 1.807) is 24.3 Å². The number of carbonyl (C=O) groups is 2. The quantitative estimate of drug-likeness (QED) is 0.703. The molecule has 1 aromatic carbocycles. The van der Waals surface area contributed by atoms with Crippen LogP contribution in [-0.4, -0.2) is 11.8 Å². The first-order chi connectivity index (χ1) is 12.3. The lowest BCUT2D eigenvalue weighted by molar-refractivity contribution is -0.111. The maximum absolute atomic E-state index is 12.3. The molecule has 26 heavy (non-hydrogen) atoms. The zero-order valence-corrected chi connectivity index (χ0v) is 16.5. The van der Waals surface area contributed by atoms with Crippen LogP contribution >= 0.6 is 34.5 Å². The SMILES string of the molecule is C[C@H]1CCc2c(sc(NC(=O)/C=C/c3ccc(Cl)cc3Cl)c2C(N)=O)C1. The average Bonchev–Trinajstić information content (AvgIpc) is 2.90. The normalized spacial score (nSPS) is 16.5. The Morgan fingerprint density at radius 1 is 1.35 bits per heavy atom. The lowest BCUT2D eigenvalue weighted by Gasteiger charge is -2.18. The molecule has 0 bridgehead atoms. The van der Waals surface area contributed by atoms with Crippen LogP contribution in [0.25, 0.3) is 6.08 Å². The maximum Gasteiger partial charge on any atom is 0.251 e. The van der Waals surface area contributed by atoms with Crippen LogP contribution < -0.4 is 11.1 Å². The molecular formula is C19H18Cl2N2O2S. The smallest absolute Gasteiger partial charge is 0.251 e. The van der Waals surface area contributed by atoms with Crippen LogP contribution in [0.4, 0.5) is 5.00 Å². The highest BCUT2D eigenvalue weighted by Gasteiger charge is 2.26. The molecule has 0 saturated carbocycles. The molecule has 0 saturated heterocycles. The van der Waals surface area contributed by atoms with Crippen molar-refractivity contribution >= 4 is 57.4 Å². The summed E-state index contributed by atoms with van der Waals surface area (Å²) in [5.74, 6) is -0.278. The van der Waals surface area contributed by atoms with Crippen molar-refractivity contribution in [2.45, 2.75) is 26.2 Å². The Morgan fingerprint density at radius 3 is 2.81 bits per heavy atom. The highest BCUT2D eigenvalue weighted by Crippen LogP contribution is 2.39. The van der Waals surface area contributed by atoms with Crippen LogP contribution in [-0.2, 0) is 17.6 Å². The van der Waals surface area contributed by atoms with Gasteiger partial charge in [0.25, 0.3) is 5.91 Å². The number of benzene rings is 1. The number of rotatable bonds is 4. The van der Waals surface area contributed by atoms with E-state index in [0.717, 1.165) is 29.7 Å². The van der Waals surface area contributed by atoms with E-state index < -0.39 is 5.91 Å².